The standard InChI is InChI=1S/C7H15N/c1-4-6-8-7(3)5-2/h8H,3-6H2,1-2H3. The average molecular weight is 113 g/mol. The fourth-order valence-electron chi connectivity index (χ4n) is 0.427. The van der Waals surface area contributed by atoms with Crippen LogP contribution in [-0.4, -0.2) is 6.54 Å². The molecule has 0 aromatic heterocycles. The van der Waals surface area contributed by atoms with Crippen LogP contribution in [-0.2, 0) is 0 Å². The molecule has 0 amide bonds. The SMILES string of the molecule is C=C(CC)NCCC. The van der Waals surface area contributed by atoms with E-state index >= 15 is 0 Å². The van der Waals surface area contributed by atoms with Gasteiger partial charge in [0.1, 0.15) is 0 Å². The molecule has 0 aromatic carbocycles. The molecule has 1 heteroatoms. The first-order valence-electron chi connectivity index (χ1n) is 3.22. The van der Waals surface area contributed by atoms with Gasteiger partial charge in [-0.2, -0.15) is 0 Å². The second-order valence-corrected chi connectivity index (χ2v) is 1.88. The molecule has 0 saturated carbocycles. The molecule has 0 aliphatic rings. The van der Waals surface area contributed by atoms with Crippen molar-refractivity contribution >= 4 is 0 Å². The number of allylic oxidation sites excluding steroid dienone is 1. The summed E-state index contributed by atoms with van der Waals surface area (Å²) < 4.78 is 0. The van der Waals surface area contributed by atoms with Gasteiger partial charge in [-0.3, -0.25) is 0 Å². The minimum Gasteiger partial charge on any atom is -0.389 e. The third kappa shape index (κ3) is 3.72. The Hall–Kier alpha value is -0.460. The lowest BCUT2D eigenvalue weighted by Crippen LogP contribution is -2.11. The second kappa shape index (κ2) is 4.69. The van der Waals surface area contributed by atoms with Crippen molar-refractivity contribution in [2.75, 3.05) is 6.54 Å². The molecule has 0 spiro atoms. The predicted molar refractivity (Wildman–Crippen MR) is 37.7 cm³/mol. The largest absolute Gasteiger partial charge is 0.389 e. The smallest absolute Gasteiger partial charge is 0.0141 e. The summed E-state index contributed by atoms with van der Waals surface area (Å²) >= 11 is 0. The van der Waals surface area contributed by atoms with E-state index in [1.165, 1.54) is 6.42 Å². The summed E-state index contributed by atoms with van der Waals surface area (Å²) in [7, 11) is 0. The van der Waals surface area contributed by atoms with Crippen LogP contribution < -0.4 is 5.32 Å². The summed E-state index contributed by atoms with van der Waals surface area (Å²) in [5.41, 5.74) is 1.15. The van der Waals surface area contributed by atoms with Gasteiger partial charge in [0, 0.05) is 12.2 Å². The molecule has 0 aromatic rings. The summed E-state index contributed by atoms with van der Waals surface area (Å²) in [6.07, 6.45) is 2.22. The third-order valence-corrected chi connectivity index (χ3v) is 1.05. The molecule has 48 valence electrons. The van der Waals surface area contributed by atoms with Crippen molar-refractivity contribution in [2.24, 2.45) is 0 Å². The van der Waals surface area contributed by atoms with E-state index < -0.39 is 0 Å². The van der Waals surface area contributed by atoms with Gasteiger partial charge in [0.2, 0.25) is 0 Å². The van der Waals surface area contributed by atoms with Gasteiger partial charge in [-0.05, 0) is 12.8 Å². The maximum absolute atomic E-state index is 3.80. The van der Waals surface area contributed by atoms with Crippen molar-refractivity contribution in [2.45, 2.75) is 26.7 Å². The zero-order chi connectivity index (χ0) is 6.41. The Bertz CT molecular complexity index is 66.8. The Kier molecular flexibility index (Phi) is 4.42. The molecule has 0 unspecified atom stereocenters. The Morgan fingerprint density at radius 2 is 2.12 bits per heavy atom. The molecule has 0 aliphatic heterocycles. The van der Waals surface area contributed by atoms with Crippen LogP contribution in [0.25, 0.3) is 0 Å². The summed E-state index contributed by atoms with van der Waals surface area (Å²) in [5.74, 6) is 0. The van der Waals surface area contributed by atoms with Gasteiger partial charge in [0.05, 0.1) is 0 Å². The first-order chi connectivity index (χ1) is 3.81. The number of nitrogens with one attached hydrogen (secondary N) is 1. The van der Waals surface area contributed by atoms with Crippen molar-refractivity contribution in [1.29, 1.82) is 0 Å². The molecule has 0 heterocycles. The van der Waals surface area contributed by atoms with Gasteiger partial charge in [-0.25, -0.2) is 0 Å². The minimum absolute atomic E-state index is 1.04. The van der Waals surface area contributed by atoms with Crippen LogP contribution >= 0.6 is 0 Å². The highest BCUT2D eigenvalue weighted by atomic mass is 14.9. The summed E-state index contributed by atoms with van der Waals surface area (Å²) in [6.45, 7) is 9.11. The first kappa shape index (κ1) is 7.54. The number of hydrogen-bond acceptors (Lipinski definition) is 1. The third-order valence-electron chi connectivity index (χ3n) is 1.05. The van der Waals surface area contributed by atoms with Crippen molar-refractivity contribution < 1.29 is 0 Å². The summed E-state index contributed by atoms with van der Waals surface area (Å²) in [5, 5.41) is 3.19. The lowest BCUT2D eigenvalue weighted by molar-refractivity contribution is 0.745. The maximum atomic E-state index is 3.80. The highest BCUT2D eigenvalue weighted by Gasteiger charge is 1.83. The molecule has 1 N–H and O–H groups in total. The fourth-order valence-corrected chi connectivity index (χ4v) is 0.427. The lowest BCUT2D eigenvalue weighted by Gasteiger charge is -2.03. The van der Waals surface area contributed by atoms with E-state index in [1.54, 1.807) is 0 Å². The van der Waals surface area contributed by atoms with E-state index in [2.05, 4.69) is 25.7 Å². The molecule has 0 fully saturated rings. The molecule has 0 aliphatic carbocycles. The monoisotopic (exact) mass is 113 g/mol. The van der Waals surface area contributed by atoms with Crippen LogP contribution in [0.2, 0.25) is 0 Å². The summed E-state index contributed by atoms with van der Waals surface area (Å²) in [6, 6.07) is 0. The van der Waals surface area contributed by atoms with E-state index in [4.69, 9.17) is 0 Å². The zero-order valence-corrected chi connectivity index (χ0v) is 5.83. The van der Waals surface area contributed by atoms with Gasteiger partial charge in [0.25, 0.3) is 0 Å². The van der Waals surface area contributed by atoms with Crippen LogP contribution in [0.3, 0.4) is 0 Å². The molecule has 1 nitrogen and oxygen atoms in total. The molecule has 0 atom stereocenters. The van der Waals surface area contributed by atoms with E-state index in [-0.39, 0.29) is 0 Å². The normalized spacial score (nSPS) is 8.75. The van der Waals surface area contributed by atoms with Gasteiger partial charge < -0.3 is 5.32 Å². The Morgan fingerprint density at radius 1 is 1.50 bits per heavy atom. The van der Waals surface area contributed by atoms with Crippen LogP contribution in [0.4, 0.5) is 0 Å². The van der Waals surface area contributed by atoms with E-state index in [0.29, 0.717) is 0 Å². The number of rotatable bonds is 4. The van der Waals surface area contributed by atoms with Crippen molar-refractivity contribution in [3.63, 3.8) is 0 Å². The quantitative estimate of drug-likeness (QED) is 0.587. The molecule has 8 heavy (non-hydrogen) atoms. The van der Waals surface area contributed by atoms with Gasteiger partial charge >= 0.3 is 0 Å². The number of hydrogen-bond donors (Lipinski definition) is 1. The Balaban J connectivity index is 2.99. The van der Waals surface area contributed by atoms with E-state index in [0.717, 1.165) is 18.7 Å². The molecule has 0 saturated heterocycles. The zero-order valence-electron chi connectivity index (χ0n) is 5.83. The van der Waals surface area contributed by atoms with Gasteiger partial charge in [-0.1, -0.05) is 20.4 Å². The Morgan fingerprint density at radius 3 is 2.50 bits per heavy atom. The molecular formula is C7H15N. The van der Waals surface area contributed by atoms with E-state index in [9.17, 15) is 0 Å². The minimum atomic E-state index is 1.04. The molecule has 0 rings (SSSR count). The van der Waals surface area contributed by atoms with Crippen molar-refractivity contribution in [3.8, 4) is 0 Å². The van der Waals surface area contributed by atoms with E-state index in [1.807, 2.05) is 0 Å². The van der Waals surface area contributed by atoms with Gasteiger partial charge in [-0.15, -0.1) is 0 Å². The summed E-state index contributed by atoms with van der Waals surface area (Å²) in [4.78, 5) is 0. The predicted octanol–water partition coefficient (Wildman–Crippen LogP) is 1.91. The first-order valence-corrected chi connectivity index (χ1v) is 3.22. The average Bonchev–Trinajstić information content (AvgIpc) is 1.83. The Labute approximate surface area is 51.8 Å². The fraction of sp³-hybridized carbons (Fsp3) is 0.714. The van der Waals surface area contributed by atoms with Gasteiger partial charge in [0.15, 0.2) is 0 Å². The highest BCUT2D eigenvalue weighted by Crippen LogP contribution is 1.88. The van der Waals surface area contributed by atoms with Crippen LogP contribution in [0.1, 0.15) is 26.7 Å². The van der Waals surface area contributed by atoms with Crippen LogP contribution in [0.15, 0.2) is 12.3 Å². The second-order valence-electron chi connectivity index (χ2n) is 1.88. The molecule has 0 radical (unpaired) electrons. The topological polar surface area (TPSA) is 12.0 Å². The molecular weight excluding hydrogens is 98.1 g/mol. The highest BCUT2D eigenvalue weighted by molar-refractivity contribution is 4.88. The van der Waals surface area contributed by atoms with Crippen molar-refractivity contribution in [1.82, 2.24) is 5.32 Å². The van der Waals surface area contributed by atoms with Crippen molar-refractivity contribution in [3.05, 3.63) is 12.3 Å². The van der Waals surface area contributed by atoms with Crippen LogP contribution in [0, 0.1) is 0 Å². The van der Waals surface area contributed by atoms with Crippen LogP contribution in [0.5, 0.6) is 0 Å². The lowest BCUT2D eigenvalue weighted by atomic mass is 10.3. The molecule has 0 bridgehead atoms. The maximum Gasteiger partial charge on any atom is 0.0141 e.